The van der Waals surface area contributed by atoms with Crippen molar-refractivity contribution >= 4 is 33.5 Å². The summed E-state index contributed by atoms with van der Waals surface area (Å²) in [4.78, 5) is 9.22. The highest BCUT2D eigenvalue weighted by Crippen LogP contribution is 2.34. The molecule has 0 spiro atoms. The number of hydrogen-bond acceptors (Lipinski definition) is 4. The number of hydrogen-bond donors (Lipinski definition) is 1. The van der Waals surface area contributed by atoms with Gasteiger partial charge in [-0.1, -0.05) is 0 Å². The van der Waals surface area contributed by atoms with E-state index in [1.54, 1.807) is 12.1 Å². The fourth-order valence-corrected chi connectivity index (χ4v) is 3.55. The van der Waals surface area contributed by atoms with Gasteiger partial charge >= 0.3 is 0 Å². The lowest BCUT2D eigenvalue weighted by Gasteiger charge is -2.10. The molecule has 0 amide bonds. The van der Waals surface area contributed by atoms with Crippen molar-refractivity contribution in [2.45, 2.75) is 18.4 Å². The van der Waals surface area contributed by atoms with E-state index in [0.717, 1.165) is 35.1 Å². The van der Waals surface area contributed by atoms with Gasteiger partial charge in [0.05, 0.1) is 10.2 Å². The molecule has 0 saturated carbocycles. The van der Waals surface area contributed by atoms with E-state index < -0.39 is 0 Å². The van der Waals surface area contributed by atoms with Gasteiger partial charge in [0.1, 0.15) is 11.6 Å². The topological polar surface area (TPSA) is 37.8 Å². The Balaban J connectivity index is 2.09. The molecule has 2 heterocycles. The van der Waals surface area contributed by atoms with Crippen molar-refractivity contribution in [3.05, 3.63) is 39.7 Å². The smallest absolute Gasteiger partial charge is 0.161 e. The Bertz CT molecular complexity index is 663. The number of benzene rings is 1. The molecule has 1 aromatic heterocycles. The van der Waals surface area contributed by atoms with E-state index in [1.165, 1.54) is 11.6 Å². The number of anilines is 1. The standard InChI is InChI=1S/C14H13BrFN3S/c1-2-17-14-9-6-20-7-12(9)18-13(19-14)8-3-4-11(16)10(15)5-8/h3-5H,2,6-7H2,1H3,(H,17,18,19). The molecule has 1 aliphatic heterocycles. The van der Waals surface area contributed by atoms with Crippen molar-refractivity contribution in [2.75, 3.05) is 11.9 Å². The molecule has 0 fully saturated rings. The van der Waals surface area contributed by atoms with Crippen LogP contribution in [0.1, 0.15) is 18.2 Å². The number of nitrogens with one attached hydrogen (secondary N) is 1. The number of thioether (sulfide) groups is 1. The minimum Gasteiger partial charge on any atom is -0.370 e. The molecule has 6 heteroatoms. The minimum atomic E-state index is -0.280. The van der Waals surface area contributed by atoms with Gasteiger partial charge in [-0.2, -0.15) is 11.8 Å². The van der Waals surface area contributed by atoms with E-state index in [1.807, 2.05) is 18.7 Å². The highest BCUT2D eigenvalue weighted by atomic mass is 79.9. The molecule has 0 saturated heterocycles. The average Bonchev–Trinajstić information content (AvgIpc) is 2.90. The maximum atomic E-state index is 13.3. The van der Waals surface area contributed by atoms with E-state index in [0.29, 0.717) is 10.3 Å². The molecule has 3 rings (SSSR count). The second-order valence-electron chi connectivity index (χ2n) is 4.47. The Labute approximate surface area is 129 Å². The van der Waals surface area contributed by atoms with Gasteiger partial charge in [-0.05, 0) is 41.1 Å². The predicted octanol–water partition coefficient (Wildman–Crippen LogP) is 4.22. The Morgan fingerprint density at radius 3 is 2.95 bits per heavy atom. The van der Waals surface area contributed by atoms with Crippen molar-refractivity contribution in [3.8, 4) is 11.4 Å². The van der Waals surface area contributed by atoms with Gasteiger partial charge in [0.25, 0.3) is 0 Å². The van der Waals surface area contributed by atoms with Crippen LogP contribution in [0.3, 0.4) is 0 Å². The summed E-state index contributed by atoms with van der Waals surface area (Å²) in [6.45, 7) is 2.87. The molecule has 1 aliphatic rings. The van der Waals surface area contributed by atoms with Gasteiger partial charge in [0.2, 0.25) is 0 Å². The highest BCUT2D eigenvalue weighted by Gasteiger charge is 2.20. The lowest BCUT2D eigenvalue weighted by molar-refractivity contribution is 0.621. The van der Waals surface area contributed by atoms with Crippen LogP contribution in [0.5, 0.6) is 0 Å². The minimum absolute atomic E-state index is 0.280. The van der Waals surface area contributed by atoms with E-state index in [9.17, 15) is 4.39 Å². The fraction of sp³-hybridized carbons (Fsp3) is 0.286. The summed E-state index contributed by atoms with van der Waals surface area (Å²) in [6, 6.07) is 4.85. The third-order valence-corrected chi connectivity index (χ3v) is 4.68. The Kier molecular flexibility index (Phi) is 3.94. The largest absolute Gasteiger partial charge is 0.370 e. The van der Waals surface area contributed by atoms with Crippen molar-refractivity contribution in [1.82, 2.24) is 9.97 Å². The summed E-state index contributed by atoms with van der Waals surface area (Å²) in [7, 11) is 0. The molecular formula is C14H13BrFN3S. The Hall–Kier alpha value is -1.14. The van der Waals surface area contributed by atoms with Crippen LogP contribution in [0.4, 0.5) is 10.2 Å². The summed E-state index contributed by atoms with van der Waals surface area (Å²) >= 11 is 5.05. The molecule has 1 N–H and O–H groups in total. The molecule has 1 aromatic carbocycles. The molecule has 0 aliphatic carbocycles. The zero-order valence-electron chi connectivity index (χ0n) is 10.9. The Morgan fingerprint density at radius 1 is 1.35 bits per heavy atom. The summed E-state index contributed by atoms with van der Waals surface area (Å²) in [6.07, 6.45) is 0. The molecule has 2 aromatic rings. The molecular weight excluding hydrogens is 341 g/mol. The summed E-state index contributed by atoms with van der Waals surface area (Å²) in [5.41, 5.74) is 3.09. The van der Waals surface area contributed by atoms with Crippen LogP contribution >= 0.6 is 27.7 Å². The number of fused-ring (bicyclic) bond motifs is 1. The van der Waals surface area contributed by atoms with Gasteiger partial charge in [0.15, 0.2) is 5.82 Å². The van der Waals surface area contributed by atoms with E-state index in [-0.39, 0.29) is 5.82 Å². The second kappa shape index (κ2) is 5.69. The van der Waals surface area contributed by atoms with Crippen LogP contribution < -0.4 is 5.32 Å². The quantitative estimate of drug-likeness (QED) is 0.896. The number of nitrogens with zero attached hydrogens (tertiary/aromatic N) is 2. The summed E-state index contributed by atoms with van der Waals surface area (Å²) in [5, 5.41) is 3.29. The number of rotatable bonds is 3. The maximum Gasteiger partial charge on any atom is 0.161 e. The average molecular weight is 354 g/mol. The van der Waals surface area contributed by atoms with Crippen LogP contribution in [0, 0.1) is 5.82 Å². The van der Waals surface area contributed by atoms with Gasteiger partial charge < -0.3 is 5.32 Å². The first kappa shape index (κ1) is 13.8. The predicted molar refractivity (Wildman–Crippen MR) is 84.3 cm³/mol. The van der Waals surface area contributed by atoms with E-state index >= 15 is 0 Å². The molecule has 0 atom stereocenters. The van der Waals surface area contributed by atoms with Crippen LogP contribution in [0.25, 0.3) is 11.4 Å². The molecule has 0 bridgehead atoms. The second-order valence-corrected chi connectivity index (χ2v) is 6.31. The van der Waals surface area contributed by atoms with Crippen molar-refractivity contribution < 1.29 is 4.39 Å². The van der Waals surface area contributed by atoms with E-state index in [2.05, 4.69) is 31.2 Å². The van der Waals surface area contributed by atoms with Crippen LogP contribution in [0.2, 0.25) is 0 Å². The van der Waals surface area contributed by atoms with Gasteiger partial charge in [-0.15, -0.1) is 0 Å². The maximum absolute atomic E-state index is 13.3. The van der Waals surface area contributed by atoms with Crippen molar-refractivity contribution in [3.63, 3.8) is 0 Å². The number of halogens is 2. The third-order valence-electron chi connectivity index (χ3n) is 3.10. The lowest BCUT2D eigenvalue weighted by atomic mass is 10.2. The molecule has 0 radical (unpaired) electrons. The monoisotopic (exact) mass is 353 g/mol. The summed E-state index contributed by atoms with van der Waals surface area (Å²) < 4.78 is 13.8. The zero-order chi connectivity index (χ0) is 14.1. The van der Waals surface area contributed by atoms with Crippen LogP contribution in [0.15, 0.2) is 22.7 Å². The first-order valence-corrected chi connectivity index (χ1v) is 8.30. The van der Waals surface area contributed by atoms with E-state index in [4.69, 9.17) is 0 Å². The third kappa shape index (κ3) is 2.54. The highest BCUT2D eigenvalue weighted by molar-refractivity contribution is 9.10. The SMILES string of the molecule is CCNc1nc(-c2ccc(F)c(Br)c2)nc2c1CSC2. The first-order chi connectivity index (χ1) is 9.69. The van der Waals surface area contributed by atoms with Crippen molar-refractivity contribution in [1.29, 1.82) is 0 Å². The molecule has 3 nitrogen and oxygen atoms in total. The summed E-state index contributed by atoms with van der Waals surface area (Å²) in [5.74, 6) is 3.12. The van der Waals surface area contributed by atoms with Gasteiger partial charge in [-0.3, -0.25) is 0 Å². The fourth-order valence-electron chi connectivity index (χ4n) is 2.13. The molecule has 20 heavy (non-hydrogen) atoms. The van der Waals surface area contributed by atoms with Crippen LogP contribution in [-0.2, 0) is 11.5 Å². The zero-order valence-corrected chi connectivity index (χ0v) is 13.3. The molecule has 104 valence electrons. The lowest BCUT2D eigenvalue weighted by Crippen LogP contribution is -2.06. The van der Waals surface area contributed by atoms with Crippen molar-refractivity contribution in [2.24, 2.45) is 0 Å². The normalized spacial score (nSPS) is 13.3. The van der Waals surface area contributed by atoms with Gasteiger partial charge in [-0.25, -0.2) is 14.4 Å². The Morgan fingerprint density at radius 2 is 2.20 bits per heavy atom. The van der Waals surface area contributed by atoms with Gasteiger partial charge in [0, 0.05) is 29.2 Å². The first-order valence-electron chi connectivity index (χ1n) is 6.36. The molecule has 0 unspecified atom stereocenters. The van der Waals surface area contributed by atoms with Crippen LogP contribution in [-0.4, -0.2) is 16.5 Å². The number of aromatic nitrogens is 2.